The van der Waals surface area contributed by atoms with Crippen LogP contribution in [0.1, 0.15) is 17.3 Å². The summed E-state index contributed by atoms with van der Waals surface area (Å²) in [5.41, 5.74) is 5.09. The molecule has 1 amide bonds. The summed E-state index contributed by atoms with van der Waals surface area (Å²) in [6.07, 6.45) is 0. The molecule has 0 spiro atoms. The van der Waals surface area contributed by atoms with Gasteiger partial charge in [-0.1, -0.05) is 23.2 Å². The lowest BCUT2D eigenvalue weighted by molar-refractivity contribution is -0.125. The average Bonchev–Trinajstić information content (AvgIpc) is 2.74. The van der Waals surface area contributed by atoms with Crippen LogP contribution in [0.5, 0.6) is 0 Å². The van der Waals surface area contributed by atoms with Gasteiger partial charge >= 0.3 is 5.97 Å². The molecule has 1 fully saturated rings. The van der Waals surface area contributed by atoms with E-state index < -0.39 is 17.4 Å². The molecule has 1 aliphatic rings. The third-order valence-electron chi connectivity index (χ3n) is 3.56. The molecule has 0 radical (unpaired) electrons. The molecule has 1 heterocycles. The van der Waals surface area contributed by atoms with Gasteiger partial charge in [0.1, 0.15) is 0 Å². The Morgan fingerprint density at radius 1 is 1.43 bits per heavy atom. The number of carboxylic acid groups (broad SMARTS) is 1. The molecular formula is C13H14Cl2N2O4. The zero-order valence-electron chi connectivity index (χ0n) is 11.2. The van der Waals surface area contributed by atoms with Gasteiger partial charge in [0.2, 0.25) is 5.91 Å². The van der Waals surface area contributed by atoms with Crippen LogP contribution in [0.15, 0.2) is 12.1 Å². The zero-order valence-corrected chi connectivity index (χ0v) is 12.7. The minimum Gasteiger partial charge on any atom is -0.478 e. The lowest BCUT2D eigenvalue weighted by Crippen LogP contribution is -2.47. The third kappa shape index (κ3) is 2.98. The van der Waals surface area contributed by atoms with Crippen LogP contribution in [0.2, 0.25) is 10.0 Å². The molecule has 0 bridgehead atoms. The van der Waals surface area contributed by atoms with Crippen molar-refractivity contribution in [3.63, 3.8) is 0 Å². The predicted octanol–water partition coefficient (Wildman–Crippen LogP) is 1.99. The molecule has 0 aliphatic carbocycles. The number of halogens is 2. The van der Waals surface area contributed by atoms with Crippen molar-refractivity contribution in [3.05, 3.63) is 27.7 Å². The Hall–Kier alpha value is -1.34. The summed E-state index contributed by atoms with van der Waals surface area (Å²) < 4.78 is 5.21. The molecule has 1 aromatic carbocycles. The first-order chi connectivity index (χ1) is 9.75. The van der Waals surface area contributed by atoms with Gasteiger partial charge in [-0.05, 0) is 19.1 Å². The molecule has 21 heavy (non-hydrogen) atoms. The predicted molar refractivity (Wildman–Crippen MR) is 79.0 cm³/mol. The Bertz CT molecular complexity index is 585. The minimum absolute atomic E-state index is 0.0457. The monoisotopic (exact) mass is 332 g/mol. The van der Waals surface area contributed by atoms with E-state index in [1.807, 2.05) is 0 Å². The fourth-order valence-corrected chi connectivity index (χ4v) is 2.58. The zero-order chi connectivity index (χ0) is 15.8. The van der Waals surface area contributed by atoms with Gasteiger partial charge in [0.25, 0.3) is 0 Å². The third-order valence-corrected chi connectivity index (χ3v) is 4.16. The molecule has 4 N–H and O–H groups in total. The molecule has 1 aliphatic heterocycles. The Labute approximate surface area is 131 Å². The van der Waals surface area contributed by atoms with Crippen molar-refractivity contribution in [2.24, 2.45) is 11.1 Å². The van der Waals surface area contributed by atoms with Crippen LogP contribution in [0, 0.1) is 5.41 Å². The van der Waals surface area contributed by atoms with Gasteiger partial charge in [0, 0.05) is 6.04 Å². The van der Waals surface area contributed by atoms with Crippen molar-refractivity contribution in [1.29, 1.82) is 0 Å². The van der Waals surface area contributed by atoms with Crippen molar-refractivity contribution in [2.75, 3.05) is 18.5 Å². The van der Waals surface area contributed by atoms with E-state index in [1.54, 1.807) is 6.92 Å². The highest BCUT2D eigenvalue weighted by molar-refractivity contribution is 6.40. The number of benzene rings is 1. The SMILES string of the molecule is CC1(C(=O)Nc2c(Cl)cc(C(=O)O)cc2Cl)COCC1N. The number of carboxylic acids is 1. The first-order valence-corrected chi connectivity index (χ1v) is 6.88. The van der Waals surface area contributed by atoms with E-state index in [2.05, 4.69) is 5.32 Å². The molecule has 2 rings (SSSR count). The summed E-state index contributed by atoms with van der Waals surface area (Å²) in [5.74, 6) is -1.53. The van der Waals surface area contributed by atoms with Crippen LogP contribution in [0.3, 0.4) is 0 Å². The molecule has 1 aromatic rings. The number of amides is 1. The molecule has 114 valence electrons. The van der Waals surface area contributed by atoms with E-state index >= 15 is 0 Å². The fourth-order valence-electron chi connectivity index (χ4n) is 2.00. The molecule has 6 nitrogen and oxygen atoms in total. The number of carbonyl (C=O) groups excluding carboxylic acids is 1. The second kappa shape index (κ2) is 5.81. The number of carbonyl (C=O) groups is 2. The van der Waals surface area contributed by atoms with Crippen molar-refractivity contribution in [3.8, 4) is 0 Å². The van der Waals surface area contributed by atoms with Crippen molar-refractivity contribution in [1.82, 2.24) is 0 Å². The topological polar surface area (TPSA) is 102 Å². The van der Waals surface area contributed by atoms with Gasteiger partial charge in [-0.15, -0.1) is 0 Å². The maximum Gasteiger partial charge on any atom is 0.335 e. The highest BCUT2D eigenvalue weighted by Gasteiger charge is 2.44. The van der Waals surface area contributed by atoms with Gasteiger partial charge < -0.3 is 20.9 Å². The average molecular weight is 333 g/mol. The summed E-state index contributed by atoms with van der Waals surface area (Å²) in [5, 5.41) is 11.6. The molecule has 0 aromatic heterocycles. The summed E-state index contributed by atoms with van der Waals surface area (Å²) >= 11 is 12.0. The van der Waals surface area contributed by atoms with Crippen LogP contribution in [0.25, 0.3) is 0 Å². The first kappa shape index (κ1) is 16.0. The Kier molecular flexibility index (Phi) is 4.43. The van der Waals surface area contributed by atoms with E-state index in [1.165, 1.54) is 12.1 Å². The van der Waals surface area contributed by atoms with Crippen molar-refractivity contribution < 1.29 is 19.4 Å². The molecule has 0 saturated carbocycles. The largest absolute Gasteiger partial charge is 0.478 e. The Balaban J connectivity index is 2.28. The molecule has 1 saturated heterocycles. The molecule has 8 heteroatoms. The van der Waals surface area contributed by atoms with E-state index in [0.717, 1.165) is 0 Å². The van der Waals surface area contributed by atoms with Gasteiger partial charge in [-0.3, -0.25) is 4.79 Å². The maximum absolute atomic E-state index is 12.4. The Morgan fingerprint density at radius 2 is 2.00 bits per heavy atom. The molecule has 2 unspecified atom stereocenters. The van der Waals surface area contributed by atoms with E-state index in [4.69, 9.17) is 38.8 Å². The number of nitrogens with one attached hydrogen (secondary N) is 1. The maximum atomic E-state index is 12.4. The number of aromatic carboxylic acids is 1. The van der Waals surface area contributed by atoms with E-state index in [0.29, 0.717) is 6.61 Å². The second-order valence-corrected chi connectivity index (χ2v) is 5.93. The van der Waals surface area contributed by atoms with Crippen LogP contribution < -0.4 is 11.1 Å². The number of ether oxygens (including phenoxy) is 1. The van der Waals surface area contributed by atoms with Crippen molar-refractivity contribution in [2.45, 2.75) is 13.0 Å². The van der Waals surface area contributed by atoms with E-state index in [9.17, 15) is 9.59 Å². The number of nitrogens with two attached hydrogens (primary N) is 1. The summed E-state index contributed by atoms with van der Waals surface area (Å²) in [4.78, 5) is 23.3. The minimum atomic E-state index is -1.16. The highest BCUT2D eigenvalue weighted by atomic mass is 35.5. The lowest BCUT2D eigenvalue weighted by atomic mass is 9.85. The fraction of sp³-hybridized carbons (Fsp3) is 0.385. The highest BCUT2D eigenvalue weighted by Crippen LogP contribution is 2.35. The van der Waals surface area contributed by atoms with Gasteiger partial charge in [-0.2, -0.15) is 0 Å². The quantitative estimate of drug-likeness (QED) is 0.785. The molecule has 2 atom stereocenters. The summed E-state index contributed by atoms with van der Waals surface area (Å²) in [7, 11) is 0. The number of hydrogen-bond donors (Lipinski definition) is 3. The second-order valence-electron chi connectivity index (χ2n) is 5.11. The number of rotatable bonds is 3. The van der Waals surface area contributed by atoms with Crippen LogP contribution in [0.4, 0.5) is 5.69 Å². The summed E-state index contributed by atoms with van der Waals surface area (Å²) in [6.45, 7) is 2.18. The van der Waals surface area contributed by atoms with Crippen molar-refractivity contribution >= 4 is 40.8 Å². The van der Waals surface area contributed by atoms with Crippen LogP contribution in [-0.4, -0.2) is 36.2 Å². The van der Waals surface area contributed by atoms with E-state index in [-0.39, 0.29) is 33.8 Å². The smallest absolute Gasteiger partial charge is 0.335 e. The number of anilines is 1. The van der Waals surface area contributed by atoms with Gasteiger partial charge in [0.05, 0.1) is 39.9 Å². The summed E-state index contributed by atoms with van der Waals surface area (Å²) in [6, 6.07) is 2.01. The standard InChI is InChI=1S/C13H14Cl2N2O4/c1-13(5-21-4-9(13)16)12(20)17-10-7(14)2-6(11(18)19)3-8(10)15/h2-3,9H,4-5,16H2,1H3,(H,17,20)(H,18,19). The van der Waals surface area contributed by atoms with Crippen LogP contribution >= 0.6 is 23.2 Å². The van der Waals surface area contributed by atoms with Gasteiger partial charge in [0.15, 0.2) is 0 Å². The molecular weight excluding hydrogens is 319 g/mol. The normalized spacial score (nSPS) is 24.9. The first-order valence-electron chi connectivity index (χ1n) is 6.13. The lowest BCUT2D eigenvalue weighted by Gasteiger charge is -2.26. The Morgan fingerprint density at radius 3 is 2.43 bits per heavy atom. The van der Waals surface area contributed by atoms with Crippen LogP contribution in [-0.2, 0) is 9.53 Å². The number of hydrogen-bond acceptors (Lipinski definition) is 4. The van der Waals surface area contributed by atoms with Gasteiger partial charge in [-0.25, -0.2) is 4.79 Å².